The average molecular weight is 246 g/mol. The molecule has 0 aromatic carbocycles. The molecule has 1 rings (SSSR count). The zero-order valence-corrected chi connectivity index (χ0v) is 11.9. The molecule has 0 bridgehead atoms. The summed E-state index contributed by atoms with van der Waals surface area (Å²) in [6.07, 6.45) is 3.34. The van der Waals surface area contributed by atoms with E-state index in [0.29, 0.717) is 5.88 Å². The highest BCUT2D eigenvalue weighted by Gasteiger charge is 2.42. The van der Waals surface area contributed by atoms with Crippen LogP contribution in [0.5, 0.6) is 0 Å². The van der Waals surface area contributed by atoms with Crippen molar-refractivity contribution in [3.8, 4) is 0 Å². The molecule has 16 heavy (non-hydrogen) atoms. The van der Waals surface area contributed by atoms with Crippen LogP contribution >= 0.6 is 11.6 Å². The van der Waals surface area contributed by atoms with E-state index < -0.39 is 0 Å². The third-order valence-corrected chi connectivity index (χ3v) is 4.77. The van der Waals surface area contributed by atoms with Gasteiger partial charge in [0.2, 0.25) is 5.91 Å². The van der Waals surface area contributed by atoms with Crippen molar-refractivity contribution in [3.63, 3.8) is 0 Å². The van der Waals surface area contributed by atoms with Crippen molar-refractivity contribution in [3.05, 3.63) is 0 Å². The van der Waals surface area contributed by atoms with Gasteiger partial charge in [-0.2, -0.15) is 0 Å². The highest BCUT2D eigenvalue weighted by molar-refractivity contribution is 6.18. The topological polar surface area (TPSA) is 20.3 Å². The Morgan fingerprint density at radius 3 is 2.44 bits per heavy atom. The van der Waals surface area contributed by atoms with Gasteiger partial charge in [0.05, 0.1) is 5.54 Å². The Bertz CT molecular complexity index is 273. The minimum absolute atomic E-state index is 0.147. The van der Waals surface area contributed by atoms with Gasteiger partial charge < -0.3 is 4.90 Å². The summed E-state index contributed by atoms with van der Waals surface area (Å²) in [5, 5.41) is 0. The maximum absolute atomic E-state index is 12.4. The van der Waals surface area contributed by atoms with E-state index in [4.69, 9.17) is 11.6 Å². The van der Waals surface area contributed by atoms with Crippen LogP contribution < -0.4 is 0 Å². The summed E-state index contributed by atoms with van der Waals surface area (Å²) >= 11 is 5.92. The second-order valence-corrected chi connectivity index (χ2v) is 6.54. The van der Waals surface area contributed by atoms with E-state index in [1.165, 1.54) is 6.42 Å². The van der Waals surface area contributed by atoms with Gasteiger partial charge in [0.25, 0.3) is 0 Å². The van der Waals surface area contributed by atoms with Crippen LogP contribution in [0.15, 0.2) is 0 Å². The fourth-order valence-electron chi connectivity index (χ4n) is 2.41. The monoisotopic (exact) mass is 245 g/mol. The van der Waals surface area contributed by atoms with Crippen molar-refractivity contribution in [1.82, 2.24) is 4.90 Å². The molecule has 0 radical (unpaired) electrons. The lowest BCUT2D eigenvalue weighted by atomic mass is 9.80. The van der Waals surface area contributed by atoms with E-state index >= 15 is 0 Å². The lowest BCUT2D eigenvalue weighted by Crippen LogP contribution is -2.50. The number of amides is 1. The molecule has 3 heteroatoms. The fourth-order valence-corrected chi connectivity index (χ4v) is 2.59. The summed E-state index contributed by atoms with van der Waals surface area (Å²) in [6, 6.07) is 0. The zero-order valence-electron chi connectivity index (χ0n) is 11.1. The van der Waals surface area contributed by atoms with Crippen LogP contribution in [0, 0.1) is 11.3 Å². The molecule has 1 amide bonds. The summed E-state index contributed by atoms with van der Waals surface area (Å²) in [6.45, 7) is 8.42. The highest BCUT2D eigenvalue weighted by atomic mass is 35.5. The van der Waals surface area contributed by atoms with Crippen molar-refractivity contribution in [2.75, 3.05) is 12.9 Å². The normalized spacial score (nSPS) is 24.5. The minimum Gasteiger partial charge on any atom is -0.339 e. The van der Waals surface area contributed by atoms with E-state index in [2.05, 4.69) is 13.8 Å². The van der Waals surface area contributed by atoms with Crippen LogP contribution in [-0.2, 0) is 4.79 Å². The lowest BCUT2D eigenvalue weighted by Gasteiger charge is -2.38. The van der Waals surface area contributed by atoms with Gasteiger partial charge >= 0.3 is 0 Å². The molecule has 0 heterocycles. The number of hydrogen-bond donors (Lipinski definition) is 0. The fraction of sp³-hybridized carbons (Fsp3) is 0.923. The van der Waals surface area contributed by atoms with Gasteiger partial charge in [0, 0.05) is 18.8 Å². The molecule has 94 valence electrons. The molecule has 0 saturated heterocycles. The SMILES string of the molecule is CN(C(=O)C1CCCC1(C)C)C(C)(C)CCl. The van der Waals surface area contributed by atoms with Gasteiger partial charge in [-0.15, -0.1) is 11.6 Å². The van der Waals surface area contributed by atoms with Gasteiger partial charge in [-0.25, -0.2) is 0 Å². The Labute approximate surface area is 104 Å². The maximum atomic E-state index is 12.4. The standard InChI is InChI=1S/C13H24ClNO/c1-12(2)8-6-7-10(12)11(16)15(5)13(3,4)9-14/h10H,6-9H2,1-5H3. The number of nitrogens with zero attached hydrogens (tertiary/aromatic N) is 1. The van der Waals surface area contributed by atoms with Crippen molar-refractivity contribution in [2.45, 2.75) is 52.5 Å². The van der Waals surface area contributed by atoms with Crippen molar-refractivity contribution < 1.29 is 4.79 Å². The number of hydrogen-bond acceptors (Lipinski definition) is 1. The number of carbonyl (C=O) groups is 1. The zero-order chi connectivity index (χ0) is 12.6. The molecule has 0 spiro atoms. The van der Waals surface area contributed by atoms with E-state index in [1.807, 2.05) is 25.8 Å². The second kappa shape index (κ2) is 4.56. The van der Waals surface area contributed by atoms with Gasteiger partial charge in [-0.05, 0) is 32.1 Å². The Morgan fingerprint density at radius 2 is 2.06 bits per heavy atom. The van der Waals surface area contributed by atoms with E-state index in [0.717, 1.165) is 12.8 Å². The molecule has 0 aromatic heterocycles. The van der Waals surface area contributed by atoms with Gasteiger partial charge in [0.15, 0.2) is 0 Å². The third kappa shape index (κ3) is 2.53. The van der Waals surface area contributed by atoms with Gasteiger partial charge in [-0.3, -0.25) is 4.79 Å². The van der Waals surface area contributed by atoms with Crippen LogP contribution in [0.1, 0.15) is 47.0 Å². The molecule has 1 fully saturated rings. The first-order valence-corrected chi connectivity index (χ1v) is 6.59. The third-order valence-electron chi connectivity index (χ3n) is 4.12. The number of halogens is 1. The van der Waals surface area contributed by atoms with Crippen LogP contribution in [0.3, 0.4) is 0 Å². The Balaban J connectivity index is 2.79. The first-order valence-electron chi connectivity index (χ1n) is 6.06. The second-order valence-electron chi connectivity index (χ2n) is 6.28. The van der Waals surface area contributed by atoms with E-state index in [1.54, 1.807) is 0 Å². The summed E-state index contributed by atoms with van der Waals surface area (Å²) in [4.78, 5) is 14.3. The van der Waals surface area contributed by atoms with Gasteiger partial charge in [-0.1, -0.05) is 20.3 Å². The summed E-state index contributed by atoms with van der Waals surface area (Å²) < 4.78 is 0. The van der Waals surface area contributed by atoms with Crippen molar-refractivity contribution >= 4 is 17.5 Å². The largest absolute Gasteiger partial charge is 0.339 e. The first kappa shape index (κ1) is 13.8. The number of rotatable bonds is 3. The first-order chi connectivity index (χ1) is 7.22. The molecule has 1 atom stereocenters. The Morgan fingerprint density at radius 1 is 1.50 bits per heavy atom. The molecule has 1 unspecified atom stereocenters. The van der Waals surface area contributed by atoms with Crippen LogP contribution in [0.2, 0.25) is 0 Å². The molecule has 1 saturated carbocycles. The van der Waals surface area contributed by atoms with Crippen LogP contribution in [-0.4, -0.2) is 29.3 Å². The molecular weight excluding hydrogens is 222 g/mol. The van der Waals surface area contributed by atoms with E-state index in [-0.39, 0.29) is 22.8 Å². The number of carbonyl (C=O) groups excluding carboxylic acids is 1. The minimum atomic E-state index is -0.253. The smallest absolute Gasteiger partial charge is 0.226 e. The van der Waals surface area contributed by atoms with Crippen molar-refractivity contribution in [2.24, 2.45) is 11.3 Å². The summed E-state index contributed by atoms with van der Waals surface area (Å²) in [5.74, 6) is 0.899. The molecule has 0 aliphatic heterocycles. The molecular formula is C13H24ClNO. The maximum Gasteiger partial charge on any atom is 0.226 e. The average Bonchev–Trinajstić information content (AvgIpc) is 2.55. The molecule has 1 aliphatic carbocycles. The Hall–Kier alpha value is -0.240. The highest BCUT2D eigenvalue weighted by Crippen LogP contribution is 2.43. The number of alkyl halides is 1. The van der Waals surface area contributed by atoms with Crippen LogP contribution in [0.25, 0.3) is 0 Å². The lowest BCUT2D eigenvalue weighted by molar-refractivity contribution is -0.141. The predicted molar refractivity (Wildman–Crippen MR) is 68.7 cm³/mol. The molecule has 1 aliphatic rings. The van der Waals surface area contributed by atoms with Crippen LogP contribution in [0.4, 0.5) is 0 Å². The Kier molecular flexibility index (Phi) is 3.94. The molecule has 0 N–H and O–H groups in total. The quantitative estimate of drug-likeness (QED) is 0.699. The molecule has 2 nitrogen and oxygen atoms in total. The summed E-state index contributed by atoms with van der Waals surface area (Å²) in [5.41, 5.74) is -0.106. The van der Waals surface area contributed by atoms with Crippen molar-refractivity contribution in [1.29, 1.82) is 0 Å². The van der Waals surface area contributed by atoms with E-state index in [9.17, 15) is 4.79 Å². The molecule has 0 aromatic rings. The summed E-state index contributed by atoms with van der Waals surface area (Å²) in [7, 11) is 1.87. The van der Waals surface area contributed by atoms with Gasteiger partial charge in [0.1, 0.15) is 0 Å². The predicted octanol–water partition coefficient (Wildman–Crippen LogP) is 3.29.